The molecule has 31 heavy (non-hydrogen) atoms. The van der Waals surface area contributed by atoms with Gasteiger partial charge in [0.1, 0.15) is 6.54 Å². The summed E-state index contributed by atoms with van der Waals surface area (Å²) in [4.78, 5) is 29.1. The van der Waals surface area contributed by atoms with Gasteiger partial charge in [0, 0.05) is 13.1 Å². The van der Waals surface area contributed by atoms with Crippen LogP contribution in [0.3, 0.4) is 0 Å². The number of carbonyl (C=O) groups is 1. The van der Waals surface area contributed by atoms with Crippen molar-refractivity contribution in [3.8, 4) is 0 Å². The molecule has 0 aliphatic carbocycles. The molecule has 1 N–H and O–H groups in total. The molecule has 1 heterocycles. The summed E-state index contributed by atoms with van der Waals surface area (Å²) in [7, 11) is -3.53. The molecule has 0 aliphatic heterocycles. The number of aromatic nitrogens is 2. The SMILES string of the molecule is CCN(CC)S(=O)(=O)c1ccc([C@H](C)NC(=O)Cn2c(=O)cnc3ccccc32)cc1. The van der Waals surface area contributed by atoms with Gasteiger partial charge in [0.2, 0.25) is 15.9 Å². The average Bonchev–Trinajstić information content (AvgIpc) is 2.76. The number of amides is 1. The number of rotatable bonds is 8. The molecule has 0 aliphatic rings. The Morgan fingerprint density at radius 3 is 2.39 bits per heavy atom. The molecule has 9 heteroatoms. The number of hydrogen-bond acceptors (Lipinski definition) is 5. The fraction of sp³-hybridized carbons (Fsp3) is 0.318. The van der Waals surface area contributed by atoms with Gasteiger partial charge < -0.3 is 5.32 Å². The second-order valence-corrected chi connectivity index (χ2v) is 9.06. The van der Waals surface area contributed by atoms with E-state index in [1.54, 1.807) is 63.2 Å². The van der Waals surface area contributed by atoms with Crippen molar-refractivity contribution in [3.63, 3.8) is 0 Å². The molecule has 1 aromatic heterocycles. The quantitative estimate of drug-likeness (QED) is 0.577. The van der Waals surface area contributed by atoms with Crippen LogP contribution < -0.4 is 10.9 Å². The predicted molar refractivity (Wildman–Crippen MR) is 119 cm³/mol. The van der Waals surface area contributed by atoms with Gasteiger partial charge in [-0.15, -0.1) is 0 Å². The molecular weight excluding hydrogens is 416 g/mol. The van der Waals surface area contributed by atoms with E-state index in [1.165, 1.54) is 15.1 Å². The second-order valence-electron chi connectivity index (χ2n) is 7.12. The van der Waals surface area contributed by atoms with E-state index in [4.69, 9.17) is 0 Å². The Kier molecular flexibility index (Phi) is 6.87. The van der Waals surface area contributed by atoms with E-state index in [2.05, 4.69) is 10.3 Å². The summed E-state index contributed by atoms with van der Waals surface area (Å²) in [5.74, 6) is -0.328. The molecule has 0 spiro atoms. The molecule has 1 atom stereocenters. The number of nitrogens with one attached hydrogen (secondary N) is 1. The highest BCUT2D eigenvalue weighted by Gasteiger charge is 2.21. The first-order chi connectivity index (χ1) is 14.8. The molecular formula is C22H26N4O4S. The summed E-state index contributed by atoms with van der Waals surface area (Å²) in [6, 6.07) is 13.2. The summed E-state index contributed by atoms with van der Waals surface area (Å²) in [5, 5.41) is 2.86. The van der Waals surface area contributed by atoms with Crippen LogP contribution in [0.25, 0.3) is 11.0 Å². The van der Waals surface area contributed by atoms with Crippen LogP contribution >= 0.6 is 0 Å². The van der Waals surface area contributed by atoms with E-state index < -0.39 is 10.0 Å². The van der Waals surface area contributed by atoms with Gasteiger partial charge in [-0.3, -0.25) is 14.2 Å². The van der Waals surface area contributed by atoms with Crippen LogP contribution in [0.2, 0.25) is 0 Å². The third-order valence-electron chi connectivity index (χ3n) is 5.16. The minimum Gasteiger partial charge on any atom is -0.348 e. The molecule has 0 radical (unpaired) electrons. The van der Waals surface area contributed by atoms with Gasteiger partial charge in [-0.1, -0.05) is 38.1 Å². The number of para-hydroxylation sites is 2. The number of benzene rings is 2. The van der Waals surface area contributed by atoms with Crippen molar-refractivity contribution in [2.75, 3.05) is 13.1 Å². The van der Waals surface area contributed by atoms with Crippen molar-refractivity contribution >= 4 is 27.0 Å². The Morgan fingerprint density at radius 2 is 1.74 bits per heavy atom. The molecule has 0 saturated carbocycles. The van der Waals surface area contributed by atoms with E-state index in [0.29, 0.717) is 24.1 Å². The molecule has 3 aromatic rings. The Balaban J connectivity index is 1.74. The molecule has 0 unspecified atom stereocenters. The normalized spacial score (nSPS) is 12.8. The van der Waals surface area contributed by atoms with Crippen LogP contribution in [0.15, 0.2) is 64.4 Å². The fourth-order valence-corrected chi connectivity index (χ4v) is 4.89. The van der Waals surface area contributed by atoms with E-state index in [-0.39, 0.29) is 28.9 Å². The highest BCUT2D eigenvalue weighted by molar-refractivity contribution is 7.89. The average molecular weight is 443 g/mol. The molecule has 3 rings (SSSR count). The Hall–Kier alpha value is -3.04. The summed E-state index contributed by atoms with van der Waals surface area (Å²) >= 11 is 0. The number of hydrogen-bond donors (Lipinski definition) is 1. The first-order valence-corrected chi connectivity index (χ1v) is 11.6. The Labute approximate surface area is 181 Å². The maximum atomic E-state index is 12.6. The van der Waals surface area contributed by atoms with Gasteiger partial charge in [0.05, 0.1) is 28.2 Å². The minimum atomic E-state index is -3.53. The smallest absolute Gasteiger partial charge is 0.269 e. The molecule has 0 fully saturated rings. The zero-order valence-corrected chi connectivity index (χ0v) is 18.6. The topological polar surface area (TPSA) is 101 Å². The van der Waals surface area contributed by atoms with Crippen molar-refractivity contribution in [1.82, 2.24) is 19.2 Å². The maximum Gasteiger partial charge on any atom is 0.269 e. The number of fused-ring (bicyclic) bond motifs is 1. The third-order valence-corrected chi connectivity index (χ3v) is 7.22. The molecule has 164 valence electrons. The molecule has 0 bridgehead atoms. The lowest BCUT2D eigenvalue weighted by Crippen LogP contribution is -2.34. The highest BCUT2D eigenvalue weighted by atomic mass is 32.2. The lowest BCUT2D eigenvalue weighted by atomic mass is 10.1. The standard InChI is InChI=1S/C22H26N4O4S/c1-4-25(5-2)31(29,30)18-12-10-17(11-13-18)16(3)24-21(27)15-26-20-9-7-6-8-19(20)23-14-22(26)28/h6-14,16H,4-5,15H2,1-3H3,(H,24,27)/t16-/m0/s1. The zero-order valence-electron chi connectivity index (χ0n) is 17.8. The number of carbonyl (C=O) groups excluding carboxylic acids is 1. The Bertz CT molecular complexity index is 1230. The molecule has 1 amide bonds. The van der Waals surface area contributed by atoms with Crippen molar-refractivity contribution in [1.29, 1.82) is 0 Å². The van der Waals surface area contributed by atoms with Crippen LogP contribution in [-0.2, 0) is 21.4 Å². The van der Waals surface area contributed by atoms with Gasteiger partial charge in [-0.2, -0.15) is 4.31 Å². The molecule has 2 aromatic carbocycles. The van der Waals surface area contributed by atoms with Crippen molar-refractivity contribution in [3.05, 3.63) is 70.6 Å². The van der Waals surface area contributed by atoms with Gasteiger partial charge in [-0.25, -0.2) is 13.4 Å². The lowest BCUT2D eigenvalue weighted by molar-refractivity contribution is -0.122. The summed E-state index contributed by atoms with van der Waals surface area (Å²) < 4.78 is 28.0. The number of sulfonamides is 1. The first-order valence-electron chi connectivity index (χ1n) is 10.1. The van der Waals surface area contributed by atoms with Gasteiger partial charge >= 0.3 is 0 Å². The van der Waals surface area contributed by atoms with Crippen LogP contribution in [0, 0.1) is 0 Å². The van der Waals surface area contributed by atoms with Crippen molar-refractivity contribution in [2.24, 2.45) is 0 Å². The van der Waals surface area contributed by atoms with Crippen LogP contribution in [0.1, 0.15) is 32.4 Å². The Morgan fingerprint density at radius 1 is 1.10 bits per heavy atom. The summed E-state index contributed by atoms with van der Waals surface area (Å²) in [5.41, 5.74) is 1.63. The first kappa shape index (κ1) is 22.6. The second kappa shape index (κ2) is 9.40. The fourth-order valence-electron chi connectivity index (χ4n) is 3.43. The third kappa shape index (κ3) is 4.83. The van der Waals surface area contributed by atoms with Gasteiger partial charge in [0.25, 0.3) is 5.56 Å². The largest absolute Gasteiger partial charge is 0.348 e. The van der Waals surface area contributed by atoms with Gasteiger partial charge in [0.15, 0.2) is 0 Å². The molecule has 0 saturated heterocycles. The predicted octanol–water partition coefficient (Wildman–Crippen LogP) is 2.30. The highest BCUT2D eigenvalue weighted by Crippen LogP contribution is 2.19. The van der Waals surface area contributed by atoms with Crippen molar-refractivity contribution in [2.45, 2.75) is 38.3 Å². The summed E-state index contributed by atoms with van der Waals surface area (Å²) in [6.07, 6.45) is 1.20. The van der Waals surface area contributed by atoms with E-state index >= 15 is 0 Å². The summed E-state index contributed by atoms with van der Waals surface area (Å²) in [6.45, 7) is 6.06. The minimum absolute atomic E-state index is 0.138. The van der Waals surface area contributed by atoms with E-state index in [1.807, 2.05) is 6.07 Å². The zero-order chi connectivity index (χ0) is 22.6. The molecule has 8 nitrogen and oxygen atoms in total. The maximum absolute atomic E-state index is 12.6. The van der Waals surface area contributed by atoms with Crippen LogP contribution in [0.4, 0.5) is 0 Å². The van der Waals surface area contributed by atoms with E-state index in [0.717, 1.165) is 5.56 Å². The lowest BCUT2D eigenvalue weighted by Gasteiger charge is -2.19. The van der Waals surface area contributed by atoms with Crippen LogP contribution in [-0.4, -0.2) is 41.3 Å². The monoisotopic (exact) mass is 442 g/mol. The van der Waals surface area contributed by atoms with Crippen molar-refractivity contribution < 1.29 is 13.2 Å². The van der Waals surface area contributed by atoms with Gasteiger partial charge in [-0.05, 0) is 36.8 Å². The van der Waals surface area contributed by atoms with Crippen LogP contribution in [0.5, 0.6) is 0 Å². The number of nitrogens with zero attached hydrogens (tertiary/aromatic N) is 3. The van der Waals surface area contributed by atoms with E-state index in [9.17, 15) is 18.0 Å².